The number of esters is 1. The van der Waals surface area contributed by atoms with Gasteiger partial charge in [0.15, 0.2) is 0 Å². The number of alkyl carbamates (subject to hydrolysis) is 1. The van der Waals surface area contributed by atoms with Crippen molar-refractivity contribution in [2.45, 2.75) is 64.8 Å². The van der Waals surface area contributed by atoms with Gasteiger partial charge in [-0.05, 0) is 47.1 Å². The van der Waals surface area contributed by atoms with Crippen LogP contribution in [0.3, 0.4) is 0 Å². The summed E-state index contributed by atoms with van der Waals surface area (Å²) in [6.07, 6.45) is -0.643. The highest BCUT2D eigenvalue weighted by molar-refractivity contribution is 5.79. The van der Waals surface area contributed by atoms with Crippen LogP contribution in [0.5, 0.6) is 0 Å². The predicted molar refractivity (Wildman–Crippen MR) is 92.4 cm³/mol. The monoisotopic (exact) mass is 336 g/mol. The number of hydrogen-bond donors (Lipinski definition) is 2. The molecule has 0 aliphatic heterocycles. The van der Waals surface area contributed by atoms with Crippen LogP contribution < -0.4 is 11.1 Å². The van der Waals surface area contributed by atoms with E-state index in [0.717, 1.165) is 0 Å². The molecule has 3 N–H and O–H groups in total. The molecular weight excluding hydrogens is 308 g/mol. The Morgan fingerprint density at radius 1 is 0.958 bits per heavy atom. The lowest BCUT2D eigenvalue weighted by Gasteiger charge is -2.29. The van der Waals surface area contributed by atoms with Crippen molar-refractivity contribution < 1.29 is 19.1 Å². The van der Waals surface area contributed by atoms with E-state index < -0.39 is 35.3 Å². The van der Waals surface area contributed by atoms with Crippen LogP contribution >= 0.6 is 0 Å². The second-order valence-corrected chi connectivity index (χ2v) is 7.59. The second-order valence-electron chi connectivity index (χ2n) is 7.59. The van der Waals surface area contributed by atoms with Gasteiger partial charge in [0, 0.05) is 0 Å². The molecule has 1 rings (SSSR count). The maximum atomic E-state index is 12.3. The molecule has 0 bridgehead atoms. The third-order valence-corrected chi connectivity index (χ3v) is 2.87. The molecule has 134 valence electrons. The molecule has 6 heteroatoms. The van der Waals surface area contributed by atoms with E-state index in [9.17, 15) is 9.59 Å². The molecular formula is C18H28N2O4. The highest BCUT2D eigenvalue weighted by Crippen LogP contribution is 2.20. The maximum Gasteiger partial charge on any atom is 0.408 e. The minimum absolute atomic E-state index is 0.590. The first kappa shape index (κ1) is 20.0. The van der Waals surface area contributed by atoms with Gasteiger partial charge >= 0.3 is 12.1 Å². The van der Waals surface area contributed by atoms with Crippen molar-refractivity contribution in [2.24, 2.45) is 5.73 Å². The van der Waals surface area contributed by atoms with Crippen LogP contribution in [0.2, 0.25) is 0 Å². The average molecular weight is 336 g/mol. The fourth-order valence-electron chi connectivity index (χ4n) is 1.98. The Morgan fingerprint density at radius 2 is 1.46 bits per heavy atom. The smallest absolute Gasteiger partial charge is 0.408 e. The quantitative estimate of drug-likeness (QED) is 0.825. The summed E-state index contributed by atoms with van der Waals surface area (Å²) in [6, 6.07) is 7.21. The lowest BCUT2D eigenvalue weighted by Crippen LogP contribution is -2.48. The van der Waals surface area contributed by atoms with Crippen molar-refractivity contribution in [1.29, 1.82) is 0 Å². The topological polar surface area (TPSA) is 90.6 Å². The Labute approximate surface area is 143 Å². The third-order valence-electron chi connectivity index (χ3n) is 2.87. The van der Waals surface area contributed by atoms with Crippen molar-refractivity contribution in [3.05, 3.63) is 35.9 Å². The number of carbonyl (C=O) groups is 2. The molecule has 0 aliphatic rings. The summed E-state index contributed by atoms with van der Waals surface area (Å²) in [7, 11) is 0. The molecule has 0 aliphatic carbocycles. The van der Waals surface area contributed by atoms with E-state index in [2.05, 4.69) is 5.32 Å². The highest BCUT2D eigenvalue weighted by atomic mass is 16.6. The fraction of sp³-hybridized carbons (Fsp3) is 0.556. The Kier molecular flexibility index (Phi) is 6.37. The average Bonchev–Trinajstić information content (AvgIpc) is 2.41. The maximum absolute atomic E-state index is 12.3. The number of benzene rings is 1. The standard InChI is InChI=1S/C18H28N2O4/c1-17(2,3)23-15(21)13(19)14(12-10-8-7-9-11-12)20-16(22)24-18(4,5)6/h7-11,13-14H,19H2,1-6H3,(H,20,22)/t13-,14+/m0/s1. The number of amides is 1. The fourth-order valence-corrected chi connectivity index (χ4v) is 1.98. The number of nitrogens with one attached hydrogen (secondary N) is 1. The van der Waals surface area contributed by atoms with Crippen molar-refractivity contribution in [3.63, 3.8) is 0 Å². The Balaban J connectivity index is 2.98. The van der Waals surface area contributed by atoms with Gasteiger partial charge in [0.25, 0.3) is 0 Å². The normalized spacial score (nSPS) is 14.5. The molecule has 0 radical (unpaired) electrons. The van der Waals surface area contributed by atoms with Gasteiger partial charge in [-0.1, -0.05) is 30.3 Å². The number of carbonyl (C=O) groups excluding carboxylic acids is 2. The van der Waals surface area contributed by atoms with Crippen LogP contribution in [0, 0.1) is 0 Å². The van der Waals surface area contributed by atoms with Gasteiger partial charge in [-0.2, -0.15) is 0 Å². The van der Waals surface area contributed by atoms with Crippen molar-refractivity contribution in [1.82, 2.24) is 5.32 Å². The number of nitrogens with two attached hydrogens (primary N) is 1. The van der Waals surface area contributed by atoms with E-state index in [4.69, 9.17) is 15.2 Å². The molecule has 1 aromatic rings. The minimum Gasteiger partial charge on any atom is -0.459 e. The van der Waals surface area contributed by atoms with Gasteiger partial charge in [-0.25, -0.2) is 4.79 Å². The number of rotatable bonds is 4. The first-order valence-electron chi connectivity index (χ1n) is 7.92. The first-order valence-corrected chi connectivity index (χ1v) is 7.92. The summed E-state index contributed by atoms with van der Waals surface area (Å²) in [5.41, 5.74) is 5.45. The van der Waals surface area contributed by atoms with E-state index in [0.29, 0.717) is 5.56 Å². The van der Waals surface area contributed by atoms with E-state index in [1.807, 2.05) is 6.07 Å². The van der Waals surface area contributed by atoms with Crippen LogP contribution in [0.4, 0.5) is 4.79 Å². The highest BCUT2D eigenvalue weighted by Gasteiger charge is 2.32. The summed E-state index contributed by atoms with van der Waals surface area (Å²) >= 11 is 0. The van der Waals surface area contributed by atoms with Crippen LogP contribution in [-0.2, 0) is 14.3 Å². The summed E-state index contributed by atoms with van der Waals surface area (Å²) in [4.78, 5) is 24.4. The molecule has 6 nitrogen and oxygen atoms in total. The molecule has 0 spiro atoms. The molecule has 1 amide bonds. The minimum atomic E-state index is -1.06. The van der Waals surface area contributed by atoms with Gasteiger partial charge in [-0.15, -0.1) is 0 Å². The number of ether oxygens (including phenoxy) is 2. The Morgan fingerprint density at radius 3 is 1.92 bits per heavy atom. The summed E-state index contributed by atoms with van der Waals surface area (Å²) < 4.78 is 10.6. The first-order chi connectivity index (χ1) is 10.9. The van der Waals surface area contributed by atoms with Crippen LogP contribution in [-0.4, -0.2) is 29.3 Å². The molecule has 0 unspecified atom stereocenters. The van der Waals surface area contributed by atoms with Crippen LogP contribution in [0.25, 0.3) is 0 Å². The number of hydrogen-bond acceptors (Lipinski definition) is 5. The van der Waals surface area contributed by atoms with Gasteiger partial charge in [0.2, 0.25) is 0 Å². The largest absolute Gasteiger partial charge is 0.459 e. The molecule has 24 heavy (non-hydrogen) atoms. The molecule has 0 fully saturated rings. The molecule has 0 saturated heterocycles. The van der Waals surface area contributed by atoms with E-state index >= 15 is 0 Å². The lowest BCUT2D eigenvalue weighted by atomic mass is 10.00. The van der Waals surface area contributed by atoms with Crippen molar-refractivity contribution >= 4 is 12.1 Å². The van der Waals surface area contributed by atoms with E-state index in [-0.39, 0.29) is 0 Å². The second kappa shape index (κ2) is 7.66. The molecule has 0 heterocycles. The molecule has 2 atom stereocenters. The predicted octanol–water partition coefficient (Wildman–Crippen LogP) is 2.92. The van der Waals surface area contributed by atoms with Crippen LogP contribution in [0.15, 0.2) is 30.3 Å². The molecule has 1 aromatic carbocycles. The Bertz CT molecular complexity index is 559. The van der Waals surface area contributed by atoms with E-state index in [1.165, 1.54) is 0 Å². The summed E-state index contributed by atoms with van der Waals surface area (Å²) in [5.74, 6) is -0.590. The van der Waals surface area contributed by atoms with Gasteiger partial charge in [-0.3, -0.25) is 4.79 Å². The summed E-state index contributed by atoms with van der Waals surface area (Å²) in [5, 5.41) is 2.67. The zero-order valence-corrected chi connectivity index (χ0v) is 15.3. The van der Waals surface area contributed by atoms with Crippen molar-refractivity contribution in [2.75, 3.05) is 0 Å². The molecule has 0 aromatic heterocycles. The SMILES string of the molecule is CC(C)(C)OC(=O)N[C@H](c1ccccc1)[C@H](N)C(=O)OC(C)(C)C. The van der Waals surface area contributed by atoms with Gasteiger partial charge in [0.1, 0.15) is 17.2 Å². The van der Waals surface area contributed by atoms with Gasteiger partial charge in [0.05, 0.1) is 6.04 Å². The van der Waals surface area contributed by atoms with Crippen LogP contribution in [0.1, 0.15) is 53.1 Å². The molecule has 0 saturated carbocycles. The zero-order valence-electron chi connectivity index (χ0n) is 15.3. The third kappa shape index (κ3) is 7.00. The van der Waals surface area contributed by atoms with Crippen molar-refractivity contribution in [3.8, 4) is 0 Å². The van der Waals surface area contributed by atoms with E-state index in [1.54, 1.807) is 65.8 Å². The summed E-state index contributed by atoms with van der Waals surface area (Å²) in [6.45, 7) is 10.6. The Hall–Kier alpha value is -2.08. The zero-order chi connectivity index (χ0) is 18.5. The lowest BCUT2D eigenvalue weighted by molar-refractivity contribution is -0.157. The van der Waals surface area contributed by atoms with Gasteiger partial charge < -0.3 is 20.5 Å².